The maximum atomic E-state index is 8.04. The van der Waals surface area contributed by atoms with E-state index in [9.17, 15) is 0 Å². The number of ether oxygens (including phenoxy) is 2. The maximum absolute atomic E-state index is 8.04. The number of fused-ring (bicyclic) bond motifs is 2. The van der Waals surface area contributed by atoms with Crippen molar-refractivity contribution in [3.8, 4) is 0 Å². The summed E-state index contributed by atoms with van der Waals surface area (Å²) in [6.07, 6.45) is 7.72. The first-order valence-electron chi connectivity index (χ1n) is 13.3. The highest BCUT2D eigenvalue weighted by atomic mass is 16.5. The molecule has 5 heterocycles. The molecule has 5 aliphatic rings. The number of likely N-dealkylation sites (tertiary alicyclic amines) is 2. The summed E-state index contributed by atoms with van der Waals surface area (Å²) in [6.45, 7) is 10.1. The van der Waals surface area contributed by atoms with Crippen LogP contribution in [0.2, 0.25) is 0 Å². The Kier molecular flexibility index (Phi) is 6.47. The predicted molar refractivity (Wildman–Crippen MR) is 139 cm³/mol. The van der Waals surface area contributed by atoms with Crippen molar-refractivity contribution in [2.24, 2.45) is 9.98 Å². The molecular weight excluding hydrogens is 440 g/mol. The molecule has 5 aliphatic heterocycles. The summed E-state index contributed by atoms with van der Waals surface area (Å²) in [5.74, 6) is 2.32. The van der Waals surface area contributed by atoms with Gasteiger partial charge in [-0.05, 0) is 81.8 Å². The highest BCUT2D eigenvalue weighted by molar-refractivity contribution is 6.06. The zero-order chi connectivity index (χ0) is 23.9. The van der Waals surface area contributed by atoms with Crippen molar-refractivity contribution in [2.75, 3.05) is 44.7 Å². The molecule has 35 heavy (non-hydrogen) atoms. The number of aliphatic imine (C=N–C) groups is 2. The molecule has 0 spiro atoms. The van der Waals surface area contributed by atoms with Crippen molar-refractivity contribution < 1.29 is 9.47 Å². The molecule has 1 aromatic carbocycles. The first kappa shape index (κ1) is 23.3. The Morgan fingerprint density at radius 2 is 1.77 bits per heavy atom. The molecule has 0 saturated carbocycles. The highest BCUT2D eigenvalue weighted by Gasteiger charge is 2.37. The van der Waals surface area contributed by atoms with Gasteiger partial charge in [-0.3, -0.25) is 14.8 Å². The smallest absolute Gasteiger partial charge is 0.124 e. The summed E-state index contributed by atoms with van der Waals surface area (Å²) in [6, 6.07) is 5.08. The van der Waals surface area contributed by atoms with E-state index in [1.807, 2.05) is 6.92 Å². The second-order valence-corrected chi connectivity index (χ2v) is 10.9. The lowest BCUT2D eigenvalue weighted by Crippen LogP contribution is -2.51. The molecule has 0 amide bonds. The summed E-state index contributed by atoms with van der Waals surface area (Å²) in [7, 11) is 0. The van der Waals surface area contributed by atoms with Crippen LogP contribution in [0.3, 0.4) is 0 Å². The fourth-order valence-corrected chi connectivity index (χ4v) is 6.46. The van der Waals surface area contributed by atoms with Crippen LogP contribution in [-0.4, -0.2) is 91.5 Å². The van der Waals surface area contributed by atoms with Crippen LogP contribution in [0, 0.1) is 12.3 Å². The van der Waals surface area contributed by atoms with E-state index >= 15 is 0 Å². The van der Waals surface area contributed by atoms with Crippen molar-refractivity contribution in [3.63, 3.8) is 0 Å². The van der Waals surface area contributed by atoms with Crippen molar-refractivity contribution in [2.45, 2.75) is 76.3 Å². The van der Waals surface area contributed by atoms with Gasteiger partial charge in [0.15, 0.2) is 0 Å². The molecule has 0 aliphatic carbocycles. The standard InChI is InChI=1S/C27H38N6O2/c1-17-9-20(12-28)25(10-24(17)19-5-7-32(8-6-19)21-15-34-16-21)31-26-11-27(30-18(2)29-26)33-13-22-3-4-23(14-33)35-22/h9-10,12,19,21-23,27-28H,3-8,11,13-16H2,1-2H3,(H,29,30,31). The van der Waals surface area contributed by atoms with E-state index < -0.39 is 0 Å². The third-order valence-corrected chi connectivity index (χ3v) is 8.48. The van der Waals surface area contributed by atoms with E-state index in [1.165, 1.54) is 30.2 Å². The summed E-state index contributed by atoms with van der Waals surface area (Å²) in [4.78, 5) is 14.7. The number of nitrogens with zero attached hydrogens (tertiary/aromatic N) is 4. The topological polar surface area (TPSA) is 85.5 Å². The van der Waals surface area contributed by atoms with E-state index in [1.54, 1.807) is 0 Å². The van der Waals surface area contributed by atoms with Crippen LogP contribution in [0.5, 0.6) is 0 Å². The Bertz CT molecular complexity index is 1010. The van der Waals surface area contributed by atoms with Gasteiger partial charge in [-0.25, -0.2) is 4.99 Å². The number of hydrogen-bond donors (Lipinski definition) is 2. The summed E-state index contributed by atoms with van der Waals surface area (Å²) >= 11 is 0. The third kappa shape index (κ3) is 4.81. The highest BCUT2D eigenvalue weighted by Crippen LogP contribution is 2.35. The molecule has 3 atom stereocenters. The second kappa shape index (κ2) is 9.73. The first-order valence-corrected chi connectivity index (χ1v) is 13.3. The van der Waals surface area contributed by atoms with Crippen molar-refractivity contribution >= 4 is 23.6 Å². The van der Waals surface area contributed by atoms with E-state index in [-0.39, 0.29) is 6.17 Å². The van der Waals surface area contributed by atoms with Crippen molar-refractivity contribution in [3.05, 3.63) is 28.8 Å². The molecular formula is C27H38N6O2. The van der Waals surface area contributed by atoms with Gasteiger partial charge in [-0.1, -0.05) is 0 Å². The summed E-state index contributed by atoms with van der Waals surface area (Å²) < 4.78 is 11.4. The van der Waals surface area contributed by atoms with Gasteiger partial charge in [0.2, 0.25) is 0 Å². The quantitative estimate of drug-likeness (QED) is 0.634. The third-order valence-electron chi connectivity index (χ3n) is 8.48. The van der Waals surface area contributed by atoms with Crippen LogP contribution < -0.4 is 5.32 Å². The van der Waals surface area contributed by atoms with Crippen LogP contribution in [0.4, 0.5) is 5.69 Å². The molecule has 0 aromatic heterocycles. The average molecular weight is 479 g/mol. The molecule has 0 radical (unpaired) electrons. The summed E-state index contributed by atoms with van der Waals surface area (Å²) in [5, 5.41) is 11.7. The number of anilines is 1. The molecule has 4 saturated heterocycles. The Morgan fingerprint density at radius 3 is 2.43 bits per heavy atom. The molecule has 8 nitrogen and oxygen atoms in total. The van der Waals surface area contributed by atoms with Crippen LogP contribution in [0.25, 0.3) is 0 Å². The first-order chi connectivity index (χ1) is 17.1. The number of rotatable bonds is 5. The minimum Gasteiger partial charge on any atom is -0.378 e. The lowest BCUT2D eigenvalue weighted by molar-refractivity contribution is -0.0712. The number of aryl methyl sites for hydroxylation is 1. The van der Waals surface area contributed by atoms with E-state index in [4.69, 9.17) is 24.9 Å². The van der Waals surface area contributed by atoms with Crippen molar-refractivity contribution in [1.82, 2.24) is 9.80 Å². The predicted octanol–water partition coefficient (Wildman–Crippen LogP) is 3.39. The molecule has 6 rings (SSSR count). The largest absolute Gasteiger partial charge is 0.378 e. The van der Waals surface area contributed by atoms with E-state index in [0.717, 1.165) is 81.6 Å². The lowest BCUT2D eigenvalue weighted by Gasteiger charge is -2.41. The Labute approximate surface area is 208 Å². The molecule has 2 N–H and O–H groups in total. The Balaban J connectivity index is 1.17. The average Bonchev–Trinajstić information content (AvgIpc) is 3.16. The summed E-state index contributed by atoms with van der Waals surface area (Å²) in [5.41, 5.74) is 4.60. The van der Waals surface area contributed by atoms with Crippen molar-refractivity contribution in [1.29, 1.82) is 5.41 Å². The molecule has 2 bridgehead atoms. The van der Waals surface area contributed by atoms with Gasteiger partial charge in [0.25, 0.3) is 0 Å². The number of morpholine rings is 1. The number of benzene rings is 1. The zero-order valence-corrected chi connectivity index (χ0v) is 21.0. The molecule has 188 valence electrons. The lowest BCUT2D eigenvalue weighted by atomic mass is 9.85. The fraction of sp³-hybridized carbons (Fsp3) is 0.667. The van der Waals surface area contributed by atoms with Gasteiger partial charge in [-0.2, -0.15) is 0 Å². The van der Waals surface area contributed by atoms with Gasteiger partial charge in [0.05, 0.1) is 31.5 Å². The van der Waals surface area contributed by atoms with Crippen LogP contribution >= 0.6 is 0 Å². The van der Waals surface area contributed by atoms with Gasteiger partial charge in [0.1, 0.15) is 17.8 Å². The maximum Gasteiger partial charge on any atom is 0.124 e. The van der Waals surface area contributed by atoms with E-state index in [2.05, 4.69) is 34.2 Å². The molecule has 8 heteroatoms. The normalized spacial score (nSPS) is 30.5. The molecule has 3 unspecified atom stereocenters. The second-order valence-electron chi connectivity index (χ2n) is 10.9. The van der Waals surface area contributed by atoms with Crippen LogP contribution in [-0.2, 0) is 9.47 Å². The Hall–Kier alpha value is -2.13. The van der Waals surface area contributed by atoms with E-state index in [0.29, 0.717) is 24.2 Å². The number of piperidine rings is 1. The monoisotopic (exact) mass is 478 g/mol. The SMILES string of the molecule is CC1=NC(N2CC3CCC(C2)O3)CC(Nc2cc(C3CCN(C4COC4)CC3)c(C)cc2C=N)=N1. The van der Waals surface area contributed by atoms with Gasteiger partial charge >= 0.3 is 0 Å². The zero-order valence-electron chi connectivity index (χ0n) is 21.0. The van der Waals surface area contributed by atoms with Gasteiger partial charge in [0, 0.05) is 37.0 Å². The Morgan fingerprint density at radius 1 is 1.03 bits per heavy atom. The van der Waals surface area contributed by atoms with Crippen LogP contribution in [0.15, 0.2) is 22.1 Å². The minimum atomic E-state index is 0.107. The fourth-order valence-electron chi connectivity index (χ4n) is 6.46. The minimum absolute atomic E-state index is 0.107. The number of amidine groups is 2. The van der Waals surface area contributed by atoms with Gasteiger partial charge in [-0.15, -0.1) is 0 Å². The molecule has 4 fully saturated rings. The van der Waals surface area contributed by atoms with Gasteiger partial charge < -0.3 is 20.2 Å². The number of nitrogens with one attached hydrogen (secondary N) is 2. The van der Waals surface area contributed by atoms with Crippen LogP contribution in [0.1, 0.15) is 61.6 Å². The number of hydrogen-bond acceptors (Lipinski definition) is 8. The molecule has 1 aromatic rings.